The van der Waals surface area contributed by atoms with Crippen molar-refractivity contribution < 1.29 is 0 Å². The summed E-state index contributed by atoms with van der Waals surface area (Å²) in [5, 5.41) is 3.20. The van der Waals surface area contributed by atoms with E-state index in [1.165, 1.54) is 0 Å². The molecular weight excluding hydrogens is 124 g/mol. The van der Waals surface area contributed by atoms with Gasteiger partial charge in [0, 0.05) is 31.0 Å². The molecule has 1 atom stereocenters. The molecule has 0 saturated heterocycles. The van der Waals surface area contributed by atoms with E-state index >= 15 is 0 Å². The summed E-state index contributed by atoms with van der Waals surface area (Å²) in [5.41, 5.74) is 0. The molecule has 0 radical (unpaired) electrons. The van der Waals surface area contributed by atoms with Crippen LogP contribution in [0.15, 0.2) is 12.4 Å². The fourth-order valence-corrected chi connectivity index (χ4v) is 1.31. The lowest BCUT2D eigenvalue weighted by Crippen LogP contribution is -2.43. The Morgan fingerprint density at radius 3 is 2.70 bits per heavy atom. The third kappa shape index (κ3) is 1.43. The molecule has 1 rings (SSSR count). The molecule has 0 spiro atoms. The van der Waals surface area contributed by atoms with Crippen molar-refractivity contribution in [1.82, 2.24) is 10.2 Å². The van der Waals surface area contributed by atoms with Gasteiger partial charge in [-0.25, -0.2) is 0 Å². The second-order valence-corrected chi connectivity index (χ2v) is 3.11. The summed E-state index contributed by atoms with van der Waals surface area (Å²) >= 11 is 0. The summed E-state index contributed by atoms with van der Waals surface area (Å²) in [7, 11) is 0. The Balaban J connectivity index is 2.55. The average Bonchev–Trinajstić information content (AvgIpc) is 1.88. The van der Waals surface area contributed by atoms with Crippen molar-refractivity contribution in [1.29, 1.82) is 0 Å². The van der Waals surface area contributed by atoms with Crippen LogP contribution < -0.4 is 5.32 Å². The normalized spacial score (nSPS) is 25.2. The lowest BCUT2D eigenvalue weighted by Gasteiger charge is -2.34. The molecule has 1 unspecified atom stereocenters. The van der Waals surface area contributed by atoms with Gasteiger partial charge in [0.25, 0.3) is 0 Å². The molecule has 58 valence electrons. The van der Waals surface area contributed by atoms with Gasteiger partial charge in [-0.15, -0.1) is 0 Å². The Hall–Kier alpha value is -0.660. The zero-order valence-electron chi connectivity index (χ0n) is 6.96. The molecule has 1 heterocycles. The SMILES string of the molecule is CC(C)N1C=CNCC1C. The highest BCUT2D eigenvalue weighted by Crippen LogP contribution is 2.07. The first-order valence-electron chi connectivity index (χ1n) is 3.89. The molecule has 1 aliphatic rings. The van der Waals surface area contributed by atoms with Gasteiger partial charge in [-0.1, -0.05) is 0 Å². The number of nitrogens with one attached hydrogen (secondary N) is 1. The van der Waals surface area contributed by atoms with E-state index in [4.69, 9.17) is 0 Å². The Bertz CT molecular complexity index is 129. The van der Waals surface area contributed by atoms with E-state index in [9.17, 15) is 0 Å². The molecule has 10 heavy (non-hydrogen) atoms. The first-order valence-corrected chi connectivity index (χ1v) is 3.89. The third-order valence-corrected chi connectivity index (χ3v) is 1.88. The molecule has 0 bridgehead atoms. The van der Waals surface area contributed by atoms with E-state index in [0.29, 0.717) is 12.1 Å². The fraction of sp³-hybridized carbons (Fsp3) is 0.750. The molecule has 0 amide bonds. The summed E-state index contributed by atoms with van der Waals surface area (Å²) in [6.07, 6.45) is 4.14. The van der Waals surface area contributed by atoms with Crippen molar-refractivity contribution in [2.45, 2.75) is 32.9 Å². The molecule has 2 heteroatoms. The summed E-state index contributed by atoms with van der Waals surface area (Å²) in [6.45, 7) is 7.73. The molecular formula is C8H16N2. The zero-order valence-corrected chi connectivity index (χ0v) is 6.96. The largest absolute Gasteiger partial charge is 0.388 e. The lowest BCUT2D eigenvalue weighted by molar-refractivity contribution is 0.227. The van der Waals surface area contributed by atoms with Crippen LogP contribution in [-0.2, 0) is 0 Å². The van der Waals surface area contributed by atoms with Gasteiger partial charge in [-0.3, -0.25) is 0 Å². The molecule has 0 saturated carbocycles. The fourth-order valence-electron chi connectivity index (χ4n) is 1.31. The molecule has 2 nitrogen and oxygen atoms in total. The van der Waals surface area contributed by atoms with Crippen molar-refractivity contribution in [3.63, 3.8) is 0 Å². The first-order chi connectivity index (χ1) is 4.72. The molecule has 0 aliphatic carbocycles. The Labute approximate surface area is 62.9 Å². The van der Waals surface area contributed by atoms with Crippen LogP contribution in [-0.4, -0.2) is 23.5 Å². The zero-order chi connectivity index (χ0) is 7.56. The predicted octanol–water partition coefficient (Wildman–Crippen LogP) is 1.16. The Morgan fingerprint density at radius 1 is 1.60 bits per heavy atom. The maximum Gasteiger partial charge on any atom is 0.0432 e. The number of nitrogens with zero attached hydrogens (tertiary/aromatic N) is 1. The molecule has 1 N–H and O–H groups in total. The summed E-state index contributed by atoms with van der Waals surface area (Å²) in [5.74, 6) is 0. The van der Waals surface area contributed by atoms with E-state index in [-0.39, 0.29) is 0 Å². The minimum atomic E-state index is 0.619. The van der Waals surface area contributed by atoms with Crippen molar-refractivity contribution in [2.24, 2.45) is 0 Å². The van der Waals surface area contributed by atoms with Gasteiger partial charge in [0.15, 0.2) is 0 Å². The maximum absolute atomic E-state index is 3.20. The highest BCUT2D eigenvalue weighted by atomic mass is 15.2. The topological polar surface area (TPSA) is 15.3 Å². The van der Waals surface area contributed by atoms with Crippen LogP contribution in [0.25, 0.3) is 0 Å². The highest BCUT2D eigenvalue weighted by molar-refractivity contribution is 4.92. The standard InChI is InChI=1S/C8H16N2/c1-7(2)10-5-4-9-6-8(10)3/h4-5,7-9H,6H2,1-3H3. The summed E-state index contributed by atoms with van der Waals surface area (Å²) in [4.78, 5) is 2.36. The quantitative estimate of drug-likeness (QED) is 0.588. The van der Waals surface area contributed by atoms with Gasteiger partial charge < -0.3 is 10.2 Å². The van der Waals surface area contributed by atoms with Crippen LogP contribution in [0.2, 0.25) is 0 Å². The highest BCUT2D eigenvalue weighted by Gasteiger charge is 2.14. The van der Waals surface area contributed by atoms with Gasteiger partial charge in [-0.2, -0.15) is 0 Å². The van der Waals surface area contributed by atoms with Crippen LogP contribution in [0.4, 0.5) is 0 Å². The van der Waals surface area contributed by atoms with Crippen molar-refractivity contribution in [2.75, 3.05) is 6.54 Å². The lowest BCUT2D eigenvalue weighted by atomic mass is 10.2. The van der Waals surface area contributed by atoms with E-state index in [2.05, 4.69) is 37.2 Å². The average molecular weight is 140 g/mol. The predicted molar refractivity (Wildman–Crippen MR) is 43.6 cm³/mol. The van der Waals surface area contributed by atoms with Crippen LogP contribution in [0.5, 0.6) is 0 Å². The smallest absolute Gasteiger partial charge is 0.0432 e. The van der Waals surface area contributed by atoms with Crippen molar-refractivity contribution in [3.05, 3.63) is 12.4 Å². The van der Waals surface area contributed by atoms with Gasteiger partial charge in [0.1, 0.15) is 0 Å². The van der Waals surface area contributed by atoms with Gasteiger partial charge in [0.2, 0.25) is 0 Å². The number of rotatable bonds is 1. The van der Waals surface area contributed by atoms with Crippen LogP contribution in [0.1, 0.15) is 20.8 Å². The van der Waals surface area contributed by atoms with Gasteiger partial charge in [-0.05, 0) is 20.8 Å². The van der Waals surface area contributed by atoms with E-state index in [1.54, 1.807) is 0 Å². The van der Waals surface area contributed by atoms with Crippen molar-refractivity contribution in [3.8, 4) is 0 Å². The maximum atomic E-state index is 3.20. The molecule has 0 aromatic heterocycles. The molecule has 0 aromatic carbocycles. The van der Waals surface area contributed by atoms with E-state index < -0.39 is 0 Å². The minimum Gasteiger partial charge on any atom is -0.388 e. The monoisotopic (exact) mass is 140 g/mol. The second kappa shape index (κ2) is 2.95. The number of hydrogen-bond donors (Lipinski definition) is 1. The van der Waals surface area contributed by atoms with E-state index in [1.807, 2.05) is 6.20 Å². The summed E-state index contributed by atoms with van der Waals surface area (Å²) in [6, 6.07) is 1.25. The first kappa shape index (κ1) is 7.45. The van der Waals surface area contributed by atoms with Crippen LogP contribution in [0.3, 0.4) is 0 Å². The minimum absolute atomic E-state index is 0.619. The molecule has 0 aromatic rings. The third-order valence-electron chi connectivity index (χ3n) is 1.88. The molecule has 1 aliphatic heterocycles. The van der Waals surface area contributed by atoms with Crippen LogP contribution >= 0.6 is 0 Å². The van der Waals surface area contributed by atoms with Crippen molar-refractivity contribution >= 4 is 0 Å². The van der Waals surface area contributed by atoms with Gasteiger partial charge >= 0.3 is 0 Å². The van der Waals surface area contributed by atoms with E-state index in [0.717, 1.165) is 6.54 Å². The second-order valence-electron chi connectivity index (χ2n) is 3.11. The Morgan fingerprint density at radius 2 is 2.30 bits per heavy atom. The van der Waals surface area contributed by atoms with Crippen LogP contribution in [0, 0.1) is 0 Å². The summed E-state index contributed by atoms with van der Waals surface area (Å²) < 4.78 is 0. The Kier molecular flexibility index (Phi) is 2.20. The number of hydrogen-bond acceptors (Lipinski definition) is 2. The van der Waals surface area contributed by atoms with Gasteiger partial charge in [0.05, 0.1) is 0 Å². The molecule has 0 fully saturated rings.